The van der Waals surface area contributed by atoms with Crippen molar-refractivity contribution in [3.8, 4) is 0 Å². The summed E-state index contributed by atoms with van der Waals surface area (Å²) in [6.07, 6.45) is 3.56. The van der Waals surface area contributed by atoms with Gasteiger partial charge < -0.3 is 0 Å². The smallest absolute Gasteiger partial charge is 0.243 e. The zero-order valence-corrected chi connectivity index (χ0v) is 16.4. The fourth-order valence-electron chi connectivity index (χ4n) is 4.44. The van der Waals surface area contributed by atoms with Crippen molar-refractivity contribution < 1.29 is 22.4 Å². The van der Waals surface area contributed by atoms with E-state index in [2.05, 4.69) is 0 Å². The Kier molecular flexibility index (Phi) is 5.24. The lowest BCUT2D eigenvalue weighted by Crippen LogP contribution is -2.52. The number of sulfonamides is 1. The molecule has 152 valence electrons. The lowest BCUT2D eigenvalue weighted by atomic mass is 9.81. The van der Waals surface area contributed by atoms with Gasteiger partial charge in [0.1, 0.15) is 5.82 Å². The van der Waals surface area contributed by atoms with E-state index in [1.165, 1.54) is 21.3 Å². The van der Waals surface area contributed by atoms with Gasteiger partial charge in [0.15, 0.2) is 0 Å². The highest BCUT2D eigenvalue weighted by atomic mass is 32.2. The highest BCUT2D eigenvalue weighted by Gasteiger charge is 2.48. The van der Waals surface area contributed by atoms with Crippen LogP contribution in [0.3, 0.4) is 0 Å². The first-order valence-corrected chi connectivity index (χ1v) is 11.2. The lowest BCUT2D eigenvalue weighted by Gasteiger charge is -2.35. The van der Waals surface area contributed by atoms with Crippen LogP contribution < -0.4 is 0 Å². The van der Waals surface area contributed by atoms with Gasteiger partial charge in [-0.25, -0.2) is 12.8 Å². The molecule has 2 amide bonds. The van der Waals surface area contributed by atoms with Gasteiger partial charge in [-0.05, 0) is 37.1 Å². The summed E-state index contributed by atoms with van der Waals surface area (Å²) in [5.74, 6) is -0.959. The second-order valence-corrected chi connectivity index (χ2v) is 9.66. The van der Waals surface area contributed by atoms with Crippen LogP contribution in [0.2, 0.25) is 0 Å². The molecule has 1 aliphatic carbocycles. The molecule has 0 aromatic heterocycles. The highest BCUT2D eigenvalue weighted by Crippen LogP contribution is 2.38. The summed E-state index contributed by atoms with van der Waals surface area (Å²) in [4.78, 5) is 28.6. The van der Waals surface area contributed by atoms with Crippen LogP contribution in [0, 0.1) is 17.7 Å². The van der Waals surface area contributed by atoms with Gasteiger partial charge in [0.2, 0.25) is 21.8 Å². The molecule has 3 aliphatic rings. The number of carbonyl (C=O) groups excluding carboxylic acids is 2. The van der Waals surface area contributed by atoms with Crippen LogP contribution >= 0.6 is 0 Å². The van der Waals surface area contributed by atoms with E-state index >= 15 is 0 Å². The molecule has 0 bridgehead atoms. The average molecular weight is 409 g/mol. The van der Waals surface area contributed by atoms with Crippen LogP contribution in [-0.2, 0) is 19.6 Å². The Hall–Kier alpha value is -1.84. The molecule has 1 aromatic carbocycles. The number of piperazine rings is 1. The molecule has 4 rings (SSSR count). The average Bonchev–Trinajstić information content (AvgIpc) is 2.94. The zero-order valence-electron chi connectivity index (χ0n) is 15.6. The predicted octanol–water partition coefficient (Wildman–Crippen LogP) is 1.26. The van der Waals surface area contributed by atoms with E-state index in [1.807, 2.05) is 4.90 Å². The number of amides is 2. The minimum absolute atomic E-state index is 0.0660. The first-order chi connectivity index (χ1) is 13.4. The van der Waals surface area contributed by atoms with E-state index in [0.29, 0.717) is 13.1 Å². The normalized spacial score (nSPS) is 27.2. The summed E-state index contributed by atoms with van der Waals surface area (Å²) in [7, 11) is -3.68. The summed E-state index contributed by atoms with van der Waals surface area (Å²) in [6.45, 7) is 1.64. The molecule has 2 saturated heterocycles. The molecule has 9 heteroatoms. The Morgan fingerprint density at radius 3 is 1.96 bits per heavy atom. The van der Waals surface area contributed by atoms with E-state index < -0.39 is 15.8 Å². The topological polar surface area (TPSA) is 78.0 Å². The Balaban J connectivity index is 1.37. The van der Waals surface area contributed by atoms with Gasteiger partial charge in [-0.1, -0.05) is 12.8 Å². The standard InChI is InChI=1S/C19H24FN3O4S/c20-14-5-7-15(8-6-14)28(26,27)22-11-9-21(10-12-22)13-23-18(24)16-3-1-2-4-17(16)19(23)25/h5-8,16-17H,1-4,9-13H2/t16-,17-/m0/s1. The van der Waals surface area contributed by atoms with Gasteiger partial charge in [0.05, 0.1) is 23.4 Å². The van der Waals surface area contributed by atoms with Gasteiger partial charge in [-0.2, -0.15) is 4.31 Å². The SMILES string of the molecule is O=C1[C@H]2CCCC[C@@H]2C(=O)N1CN1CCN(S(=O)(=O)c2ccc(F)cc2)CC1. The van der Waals surface area contributed by atoms with Crippen LogP contribution in [0.25, 0.3) is 0 Å². The summed E-state index contributed by atoms with van der Waals surface area (Å²) in [5, 5.41) is 0. The van der Waals surface area contributed by atoms with Crippen molar-refractivity contribution >= 4 is 21.8 Å². The number of fused-ring (bicyclic) bond motifs is 1. The summed E-state index contributed by atoms with van der Waals surface area (Å²) < 4.78 is 39.8. The van der Waals surface area contributed by atoms with Gasteiger partial charge >= 0.3 is 0 Å². The van der Waals surface area contributed by atoms with Crippen molar-refractivity contribution in [2.75, 3.05) is 32.8 Å². The second-order valence-electron chi connectivity index (χ2n) is 7.72. The summed E-state index contributed by atoms with van der Waals surface area (Å²) in [6, 6.07) is 4.79. The van der Waals surface area contributed by atoms with E-state index in [4.69, 9.17) is 0 Å². The van der Waals surface area contributed by atoms with E-state index in [1.54, 1.807) is 0 Å². The predicted molar refractivity (Wildman–Crippen MR) is 98.9 cm³/mol. The molecule has 0 radical (unpaired) electrons. The number of hydrogen-bond acceptors (Lipinski definition) is 5. The quantitative estimate of drug-likeness (QED) is 0.700. The number of hydrogen-bond donors (Lipinski definition) is 0. The van der Waals surface area contributed by atoms with E-state index in [-0.39, 0.29) is 48.3 Å². The third-order valence-electron chi connectivity index (χ3n) is 6.06. The maximum Gasteiger partial charge on any atom is 0.243 e. The molecule has 1 aromatic rings. The third kappa shape index (κ3) is 3.46. The lowest BCUT2D eigenvalue weighted by molar-refractivity contribution is -0.142. The van der Waals surface area contributed by atoms with Crippen LogP contribution in [-0.4, -0.2) is 67.2 Å². The number of halogens is 1. The Morgan fingerprint density at radius 1 is 0.893 bits per heavy atom. The van der Waals surface area contributed by atoms with E-state index in [0.717, 1.165) is 37.8 Å². The number of benzene rings is 1. The van der Waals surface area contributed by atoms with Crippen LogP contribution in [0.5, 0.6) is 0 Å². The number of nitrogens with zero attached hydrogens (tertiary/aromatic N) is 3. The summed E-state index contributed by atoms with van der Waals surface area (Å²) in [5.41, 5.74) is 0. The van der Waals surface area contributed by atoms with Gasteiger partial charge in [-0.3, -0.25) is 19.4 Å². The molecule has 0 unspecified atom stereocenters. The molecule has 28 heavy (non-hydrogen) atoms. The van der Waals surface area contributed by atoms with E-state index in [9.17, 15) is 22.4 Å². The second kappa shape index (κ2) is 7.53. The number of carbonyl (C=O) groups is 2. The molecular formula is C19H24FN3O4S. The number of likely N-dealkylation sites (tertiary alicyclic amines) is 1. The Morgan fingerprint density at radius 2 is 1.43 bits per heavy atom. The minimum Gasteiger partial charge on any atom is -0.283 e. The molecule has 2 heterocycles. The first-order valence-electron chi connectivity index (χ1n) is 9.71. The molecule has 2 atom stereocenters. The Bertz CT molecular complexity index is 842. The minimum atomic E-state index is -3.68. The molecule has 2 aliphatic heterocycles. The molecule has 7 nitrogen and oxygen atoms in total. The van der Waals surface area contributed by atoms with Gasteiger partial charge in [0.25, 0.3) is 0 Å². The van der Waals surface area contributed by atoms with Crippen molar-refractivity contribution in [1.82, 2.24) is 14.1 Å². The molecule has 0 N–H and O–H groups in total. The van der Waals surface area contributed by atoms with Crippen LogP contribution in [0.15, 0.2) is 29.2 Å². The highest BCUT2D eigenvalue weighted by molar-refractivity contribution is 7.89. The van der Waals surface area contributed by atoms with Crippen molar-refractivity contribution in [2.24, 2.45) is 11.8 Å². The van der Waals surface area contributed by atoms with Crippen LogP contribution in [0.1, 0.15) is 25.7 Å². The maximum atomic E-state index is 13.1. The Labute approximate surface area is 164 Å². The van der Waals surface area contributed by atoms with Crippen molar-refractivity contribution in [3.63, 3.8) is 0 Å². The van der Waals surface area contributed by atoms with Crippen molar-refractivity contribution in [3.05, 3.63) is 30.1 Å². The third-order valence-corrected chi connectivity index (χ3v) is 7.97. The zero-order chi connectivity index (χ0) is 19.9. The molecular weight excluding hydrogens is 385 g/mol. The summed E-state index contributed by atoms with van der Waals surface area (Å²) >= 11 is 0. The van der Waals surface area contributed by atoms with Crippen molar-refractivity contribution in [2.45, 2.75) is 30.6 Å². The van der Waals surface area contributed by atoms with Crippen molar-refractivity contribution in [1.29, 1.82) is 0 Å². The first kappa shape index (κ1) is 19.5. The number of imide groups is 1. The fourth-order valence-corrected chi connectivity index (χ4v) is 5.86. The molecule has 0 spiro atoms. The van der Waals surface area contributed by atoms with Gasteiger partial charge in [-0.15, -0.1) is 0 Å². The van der Waals surface area contributed by atoms with Crippen LogP contribution in [0.4, 0.5) is 4.39 Å². The largest absolute Gasteiger partial charge is 0.283 e. The van der Waals surface area contributed by atoms with Gasteiger partial charge in [0, 0.05) is 26.2 Å². The maximum absolute atomic E-state index is 13.1. The molecule has 3 fully saturated rings. The number of rotatable bonds is 4. The monoisotopic (exact) mass is 409 g/mol. The molecule has 1 saturated carbocycles. The fraction of sp³-hybridized carbons (Fsp3) is 0.579.